The van der Waals surface area contributed by atoms with Crippen LogP contribution in [0.2, 0.25) is 0 Å². The van der Waals surface area contributed by atoms with E-state index in [1.165, 1.54) is 0 Å². The average Bonchev–Trinajstić information content (AvgIpc) is 2.24. The highest BCUT2D eigenvalue weighted by Crippen LogP contribution is 2.04. The van der Waals surface area contributed by atoms with Crippen molar-refractivity contribution < 1.29 is 14.7 Å². The summed E-state index contributed by atoms with van der Waals surface area (Å²) >= 11 is 0. The first-order chi connectivity index (χ1) is 7.97. The van der Waals surface area contributed by atoms with Crippen LogP contribution in [0.15, 0.2) is 0 Å². The summed E-state index contributed by atoms with van der Waals surface area (Å²) in [4.78, 5) is 21.7. The Bertz CT molecular complexity index is 242. The zero-order valence-electron chi connectivity index (χ0n) is 11.0. The summed E-state index contributed by atoms with van der Waals surface area (Å²) in [6.45, 7) is 6.70. The topological polar surface area (TPSA) is 78.4 Å². The number of amides is 2. The van der Waals surface area contributed by atoms with Crippen molar-refractivity contribution in [3.05, 3.63) is 0 Å². The lowest BCUT2D eigenvalue weighted by molar-refractivity contribution is -0.137. The van der Waals surface area contributed by atoms with Crippen molar-refractivity contribution in [2.75, 3.05) is 6.54 Å². The molecule has 17 heavy (non-hydrogen) atoms. The highest BCUT2D eigenvalue weighted by atomic mass is 16.4. The molecular weight excluding hydrogens is 220 g/mol. The maximum absolute atomic E-state index is 11.5. The molecule has 0 rings (SSSR count). The second kappa shape index (κ2) is 8.84. The van der Waals surface area contributed by atoms with Gasteiger partial charge >= 0.3 is 12.0 Å². The maximum Gasteiger partial charge on any atom is 0.315 e. The lowest BCUT2D eigenvalue weighted by atomic mass is 10.0. The van der Waals surface area contributed by atoms with E-state index in [1.807, 2.05) is 6.92 Å². The van der Waals surface area contributed by atoms with E-state index in [-0.39, 0.29) is 18.5 Å². The third-order valence-electron chi connectivity index (χ3n) is 2.66. The Kier molecular flexibility index (Phi) is 8.19. The SMILES string of the molecule is CCC(NC(=O)NCCCCC(=O)O)C(C)C. The molecule has 0 saturated carbocycles. The van der Waals surface area contributed by atoms with Crippen LogP contribution in [-0.2, 0) is 4.79 Å². The monoisotopic (exact) mass is 244 g/mol. The quantitative estimate of drug-likeness (QED) is 0.571. The summed E-state index contributed by atoms with van der Waals surface area (Å²) < 4.78 is 0. The fraction of sp³-hybridized carbons (Fsp3) is 0.833. The van der Waals surface area contributed by atoms with Crippen LogP contribution in [-0.4, -0.2) is 29.7 Å². The molecule has 0 aliphatic heterocycles. The average molecular weight is 244 g/mol. The largest absolute Gasteiger partial charge is 0.481 e. The molecule has 0 aliphatic carbocycles. The van der Waals surface area contributed by atoms with Crippen molar-refractivity contribution in [3.8, 4) is 0 Å². The smallest absolute Gasteiger partial charge is 0.315 e. The number of carboxylic acids is 1. The number of unbranched alkanes of at least 4 members (excludes halogenated alkanes) is 1. The first kappa shape index (κ1) is 15.7. The second-order valence-electron chi connectivity index (χ2n) is 4.51. The molecular formula is C12H24N2O3. The van der Waals surface area contributed by atoms with Crippen LogP contribution in [0.3, 0.4) is 0 Å². The fourth-order valence-corrected chi connectivity index (χ4v) is 1.56. The standard InChI is InChI=1S/C12H24N2O3/c1-4-10(9(2)3)14-12(17)13-8-6-5-7-11(15)16/h9-10H,4-8H2,1-3H3,(H,15,16)(H2,13,14,17). The van der Waals surface area contributed by atoms with Crippen molar-refractivity contribution in [2.45, 2.75) is 52.5 Å². The lowest BCUT2D eigenvalue weighted by Gasteiger charge is -2.20. The molecule has 2 amide bonds. The molecule has 0 fully saturated rings. The second-order valence-corrected chi connectivity index (χ2v) is 4.51. The van der Waals surface area contributed by atoms with Crippen LogP contribution >= 0.6 is 0 Å². The van der Waals surface area contributed by atoms with Gasteiger partial charge in [-0.1, -0.05) is 20.8 Å². The van der Waals surface area contributed by atoms with Gasteiger partial charge in [0.15, 0.2) is 0 Å². The molecule has 3 N–H and O–H groups in total. The number of carbonyl (C=O) groups is 2. The van der Waals surface area contributed by atoms with E-state index in [0.29, 0.717) is 25.3 Å². The Labute approximate surface area is 103 Å². The van der Waals surface area contributed by atoms with Crippen LogP contribution < -0.4 is 10.6 Å². The van der Waals surface area contributed by atoms with Gasteiger partial charge < -0.3 is 15.7 Å². The summed E-state index contributed by atoms with van der Waals surface area (Å²) in [5.74, 6) is -0.377. The molecule has 5 heteroatoms. The van der Waals surface area contributed by atoms with E-state index in [2.05, 4.69) is 24.5 Å². The van der Waals surface area contributed by atoms with Gasteiger partial charge in [0.1, 0.15) is 0 Å². The number of hydrogen-bond donors (Lipinski definition) is 3. The van der Waals surface area contributed by atoms with Crippen LogP contribution in [0.25, 0.3) is 0 Å². The van der Waals surface area contributed by atoms with Gasteiger partial charge in [-0.25, -0.2) is 4.79 Å². The Hall–Kier alpha value is -1.26. The summed E-state index contributed by atoms with van der Waals surface area (Å²) in [5, 5.41) is 14.1. The molecule has 1 atom stereocenters. The molecule has 0 spiro atoms. The third-order valence-corrected chi connectivity index (χ3v) is 2.66. The number of rotatable bonds is 8. The molecule has 0 aliphatic rings. The molecule has 0 radical (unpaired) electrons. The minimum absolute atomic E-state index is 0.160. The van der Waals surface area contributed by atoms with Crippen molar-refractivity contribution >= 4 is 12.0 Å². The molecule has 100 valence electrons. The predicted molar refractivity (Wildman–Crippen MR) is 66.9 cm³/mol. The van der Waals surface area contributed by atoms with Crippen molar-refractivity contribution in [2.24, 2.45) is 5.92 Å². The van der Waals surface area contributed by atoms with Crippen LogP contribution in [0.1, 0.15) is 46.5 Å². The summed E-state index contributed by atoms with van der Waals surface area (Å²) in [6.07, 6.45) is 2.35. The highest BCUT2D eigenvalue weighted by Gasteiger charge is 2.13. The fourth-order valence-electron chi connectivity index (χ4n) is 1.56. The molecule has 0 bridgehead atoms. The van der Waals surface area contributed by atoms with E-state index < -0.39 is 5.97 Å². The summed E-state index contributed by atoms with van der Waals surface area (Å²) in [6, 6.07) is 0.0231. The minimum atomic E-state index is -0.791. The van der Waals surface area contributed by atoms with Gasteiger partial charge in [0, 0.05) is 19.0 Å². The highest BCUT2D eigenvalue weighted by molar-refractivity contribution is 5.74. The molecule has 0 aromatic heterocycles. The number of carboxylic acid groups (broad SMARTS) is 1. The van der Waals surface area contributed by atoms with Crippen LogP contribution in [0, 0.1) is 5.92 Å². The van der Waals surface area contributed by atoms with E-state index >= 15 is 0 Å². The van der Waals surface area contributed by atoms with E-state index in [9.17, 15) is 9.59 Å². The lowest BCUT2D eigenvalue weighted by Crippen LogP contribution is -2.44. The third kappa shape index (κ3) is 8.54. The Morgan fingerprint density at radius 2 is 1.88 bits per heavy atom. The first-order valence-electron chi connectivity index (χ1n) is 6.23. The Morgan fingerprint density at radius 3 is 2.35 bits per heavy atom. The summed E-state index contributed by atoms with van der Waals surface area (Å²) in [7, 11) is 0. The Balaban J connectivity index is 3.62. The van der Waals surface area contributed by atoms with Crippen molar-refractivity contribution in [1.82, 2.24) is 10.6 Å². The van der Waals surface area contributed by atoms with Gasteiger partial charge in [-0.2, -0.15) is 0 Å². The number of hydrogen-bond acceptors (Lipinski definition) is 2. The number of carbonyl (C=O) groups excluding carboxylic acids is 1. The van der Waals surface area contributed by atoms with Crippen molar-refractivity contribution in [3.63, 3.8) is 0 Å². The number of nitrogens with one attached hydrogen (secondary N) is 2. The van der Waals surface area contributed by atoms with Crippen molar-refractivity contribution in [1.29, 1.82) is 0 Å². The van der Waals surface area contributed by atoms with Crippen LogP contribution in [0.4, 0.5) is 4.79 Å². The van der Waals surface area contributed by atoms with Crippen LogP contribution in [0.5, 0.6) is 0 Å². The number of aliphatic carboxylic acids is 1. The van der Waals surface area contributed by atoms with E-state index in [1.54, 1.807) is 0 Å². The molecule has 0 saturated heterocycles. The molecule has 5 nitrogen and oxygen atoms in total. The van der Waals surface area contributed by atoms with Gasteiger partial charge in [0.05, 0.1) is 0 Å². The van der Waals surface area contributed by atoms with Gasteiger partial charge in [0.25, 0.3) is 0 Å². The van der Waals surface area contributed by atoms with E-state index in [4.69, 9.17) is 5.11 Å². The minimum Gasteiger partial charge on any atom is -0.481 e. The normalized spacial score (nSPS) is 12.2. The van der Waals surface area contributed by atoms with Gasteiger partial charge in [0.2, 0.25) is 0 Å². The Morgan fingerprint density at radius 1 is 1.24 bits per heavy atom. The van der Waals surface area contributed by atoms with E-state index in [0.717, 1.165) is 6.42 Å². The first-order valence-corrected chi connectivity index (χ1v) is 6.23. The van der Waals surface area contributed by atoms with Gasteiger partial charge in [-0.3, -0.25) is 4.79 Å². The molecule has 1 unspecified atom stereocenters. The summed E-state index contributed by atoms with van der Waals surface area (Å²) in [5.41, 5.74) is 0. The maximum atomic E-state index is 11.5. The molecule has 0 heterocycles. The molecule has 0 aromatic rings. The zero-order chi connectivity index (χ0) is 13.3. The number of urea groups is 1. The molecule has 0 aromatic carbocycles. The zero-order valence-corrected chi connectivity index (χ0v) is 11.0. The van der Waals surface area contributed by atoms with Gasteiger partial charge in [-0.15, -0.1) is 0 Å². The van der Waals surface area contributed by atoms with Gasteiger partial charge in [-0.05, 0) is 25.2 Å². The predicted octanol–water partition coefficient (Wildman–Crippen LogP) is 1.98.